The predicted octanol–water partition coefficient (Wildman–Crippen LogP) is 3.09. The molecule has 3 aliphatic rings. The molecule has 0 atom stereocenters. The quantitative estimate of drug-likeness (QED) is 0.426. The monoisotopic (exact) mass is 484 g/mol. The van der Waals surface area contributed by atoms with Crippen molar-refractivity contribution in [1.82, 2.24) is 14.7 Å². The molecular formula is C27H28N6O3. The van der Waals surface area contributed by atoms with E-state index in [2.05, 4.69) is 10.00 Å². The van der Waals surface area contributed by atoms with Crippen LogP contribution in [0.4, 0.5) is 5.69 Å². The Bertz CT molecular complexity index is 1370. The minimum Gasteiger partial charge on any atom is -0.497 e. The predicted molar refractivity (Wildman–Crippen MR) is 135 cm³/mol. The van der Waals surface area contributed by atoms with Gasteiger partial charge in [-0.2, -0.15) is 5.10 Å². The minimum atomic E-state index is -0.629. The molecular weight excluding hydrogens is 456 g/mol. The van der Waals surface area contributed by atoms with Gasteiger partial charge in [0.2, 0.25) is 0 Å². The number of amides is 2. The first-order chi connectivity index (χ1) is 17.4. The van der Waals surface area contributed by atoms with Gasteiger partial charge in [0.1, 0.15) is 17.3 Å². The third-order valence-electron chi connectivity index (χ3n) is 7.60. The van der Waals surface area contributed by atoms with Gasteiger partial charge >= 0.3 is 0 Å². The Balaban J connectivity index is 1.40. The van der Waals surface area contributed by atoms with E-state index >= 15 is 0 Å². The molecule has 3 heterocycles. The number of hydrogen-bond donors (Lipinski definition) is 2. The normalized spacial score (nSPS) is 17.9. The van der Waals surface area contributed by atoms with E-state index in [0.717, 1.165) is 50.0 Å². The lowest BCUT2D eigenvalue weighted by molar-refractivity contribution is 0.0966. The van der Waals surface area contributed by atoms with E-state index in [0.29, 0.717) is 35.1 Å². The molecule has 2 fully saturated rings. The summed E-state index contributed by atoms with van der Waals surface area (Å²) in [6.45, 7) is 2.29. The summed E-state index contributed by atoms with van der Waals surface area (Å²) >= 11 is 0. The second-order valence-electron chi connectivity index (χ2n) is 9.81. The van der Waals surface area contributed by atoms with Crippen LogP contribution >= 0.6 is 0 Å². The Morgan fingerprint density at radius 1 is 1.03 bits per heavy atom. The molecule has 0 bridgehead atoms. The molecule has 2 aromatic carbocycles. The van der Waals surface area contributed by atoms with E-state index in [-0.39, 0.29) is 17.0 Å². The van der Waals surface area contributed by atoms with E-state index in [9.17, 15) is 9.59 Å². The summed E-state index contributed by atoms with van der Waals surface area (Å²) in [5.74, 6) is 0.353. The third-order valence-corrected chi connectivity index (χ3v) is 7.60. The molecule has 9 heteroatoms. The maximum atomic E-state index is 14.0. The van der Waals surface area contributed by atoms with Gasteiger partial charge in [0.05, 0.1) is 12.8 Å². The highest BCUT2D eigenvalue weighted by Crippen LogP contribution is 2.54. The zero-order chi connectivity index (χ0) is 25.0. The van der Waals surface area contributed by atoms with Gasteiger partial charge in [0.15, 0.2) is 5.69 Å². The number of amidine groups is 1. The number of carbonyl (C=O) groups excluding carboxylic acids is 2. The molecule has 1 aromatic heterocycles. The topological polar surface area (TPSA) is 118 Å². The van der Waals surface area contributed by atoms with E-state index in [1.165, 1.54) is 0 Å². The maximum absolute atomic E-state index is 14.0. The van der Waals surface area contributed by atoms with Crippen LogP contribution in [0.1, 0.15) is 57.8 Å². The number of primary amides is 1. The number of anilines is 1. The van der Waals surface area contributed by atoms with Gasteiger partial charge < -0.3 is 20.3 Å². The Kier molecular flexibility index (Phi) is 5.10. The number of nitrogens with zero attached hydrogens (tertiary/aromatic N) is 4. The maximum Gasteiger partial charge on any atom is 0.277 e. The molecule has 1 saturated heterocycles. The van der Waals surface area contributed by atoms with Gasteiger partial charge in [-0.05, 0) is 74.2 Å². The van der Waals surface area contributed by atoms with Crippen molar-refractivity contribution in [3.63, 3.8) is 0 Å². The Hall–Kier alpha value is -4.14. The van der Waals surface area contributed by atoms with Gasteiger partial charge in [-0.25, -0.2) is 4.68 Å². The lowest BCUT2D eigenvalue weighted by Crippen LogP contribution is -2.44. The number of methoxy groups -OCH3 is 1. The highest BCUT2D eigenvalue weighted by Gasteiger charge is 2.56. The second kappa shape index (κ2) is 8.22. The van der Waals surface area contributed by atoms with Crippen LogP contribution in [0.15, 0.2) is 48.5 Å². The molecule has 9 nitrogen and oxygen atoms in total. The third kappa shape index (κ3) is 3.45. The number of aromatic nitrogens is 2. The average molecular weight is 485 g/mol. The van der Waals surface area contributed by atoms with Crippen LogP contribution in [0.25, 0.3) is 5.69 Å². The van der Waals surface area contributed by atoms with Crippen LogP contribution in [-0.2, 0) is 5.41 Å². The highest BCUT2D eigenvalue weighted by molar-refractivity contribution is 6.11. The smallest absolute Gasteiger partial charge is 0.277 e. The van der Waals surface area contributed by atoms with E-state index in [1.807, 2.05) is 24.3 Å². The zero-order valence-corrected chi connectivity index (χ0v) is 20.2. The number of carbonyl (C=O) groups is 2. The molecule has 3 N–H and O–H groups in total. The summed E-state index contributed by atoms with van der Waals surface area (Å²) in [6.07, 6.45) is 3.94. The molecule has 1 spiro atoms. The number of nitrogens with two attached hydrogens (primary N) is 1. The van der Waals surface area contributed by atoms with Crippen molar-refractivity contribution in [2.75, 3.05) is 31.6 Å². The molecule has 1 saturated carbocycles. The van der Waals surface area contributed by atoms with Gasteiger partial charge in [0.25, 0.3) is 11.8 Å². The van der Waals surface area contributed by atoms with Crippen molar-refractivity contribution >= 4 is 23.3 Å². The van der Waals surface area contributed by atoms with Crippen molar-refractivity contribution in [2.45, 2.75) is 31.1 Å². The fourth-order valence-electron chi connectivity index (χ4n) is 5.47. The van der Waals surface area contributed by atoms with Crippen molar-refractivity contribution in [3.05, 3.63) is 71.0 Å². The fourth-order valence-corrected chi connectivity index (χ4v) is 5.47. The summed E-state index contributed by atoms with van der Waals surface area (Å²) in [5, 5.41) is 13.1. The van der Waals surface area contributed by atoms with Crippen molar-refractivity contribution in [2.24, 2.45) is 5.73 Å². The van der Waals surface area contributed by atoms with Gasteiger partial charge in [0, 0.05) is 41.9 Å². The van der Waals surface area contributed by atoms with Gasteiger partial charge in [-0.1, -0.05) is 0 Å². The van der Waals surface area contributed by atoms with E-state index < -0.39 is 5.91 Å². The lowest BCUT2D eigenvalue weighted by atomic mass is 9.88. The van der Waals surface area contributed by atoms with Crippen LogP contribution in [-0.4, -0.2) is 59.1 Å². The summed E-state index contributed by atoms with van der Waals surface area (Å²) in [5.41, 5.74) is 8.86. The second-order valence-corrected chi connectivity index (χ2v) is 9.81. The Labute approximate surface area is 208 Å². The average Bonchev–Trinajstić information content (AvgIpc) is 3.29. The highest BCUT2D eigenvalue weighted by atomic mass is 16.5. The molecule has 2 amide bonds. The molecule has 3 aromatic rings. The Morgan fingerprint density at radius 2 is 1.67 bits per heavy atom. The molecule has 184 valence electrons. The molecule has 36 heavy (non-hydrogen) atoms. The minimum absolute atomic E-state index is 0.167. The Morgan fingerprint density at radius 3 is 2.25 bits per heavy atom. The van der Waals surface area contributed by atoms with Crippen molar-refractivity contribution < 1.29 is 14.3 Å². The molecule has 0 radical (unpaired) electrons. The lowest BCUT2D eigenvalue weighted by Gasteiger charge is -2.33. The summed E-state index contributed by atoms with van der Waals surface area (Å²) in [4.78, 5) is 30.2. The number of rotatable bonds is 5. The summed E-state index contributed by atoms with van der Waals surface area (Å²) in [7, 11) is 1.59. The van der Waals surface area contributed by atoms with Crippen molar-refractivity contribution in [1.29, 1.82) is 5.41 Å². The van der Waals surface area contributed by atoms with Crippen LogP contribution in [0.5, 0.6) is 5.75 Å². The zero-order valence-electron chi connectivity index (χ0n) is 20.2. The number of benzene rings is 2. The van der Waals surface area contributed by atoms with E-state index in [1.54, 1.807) is 41.0 Å². The standard InChI is InChI=1S/C27H28N6O3/c1-36-20-10-8-19(9-11-20)33-23-21(22(30-33)25(29)34)27(12-13-27)16-32(26(23)35)18-6-4-17(5-7-18)24(28)31-14-2-3-15-31/h4-11,28H,2-3,12-16H2,1H3,(H2,29,34). The number of hydrogen-bond acceptors (Lipinski definition) is 5. The number of ether oxygens (including phenoxy) is 1. The number of likely N-dealkylation sites (tertiary alicyclic amines) is 1. The van der Waals surface area contributed by atoms with Crippen LogP contribution < -0.4 is 15.4 Å². The number of fused-ring (bicyclic) bond motifs is 2. The van der Waals surface area contributed by atoms with Gasteiger partial charge in [-0.15, -0.1) is 0 Å². The fraction of sp³-hybridized carbons (Fsp3) is 0.333. The largest absolute Gasteiger partial charge is 0.497 e. The van der Waals surface area contributed by atoms with Crippen LogP contribution in [0.3, 0.4) is 0 Å². The van der Waals surface area contributed by atoms with Crippen molar-refractivity contribution in [3.8, 4) is 11.4 Å². The summed E-state index contributed by atoms with van der Waals surface area (Å²) in [6, 6.07) is 14.8. The molecule has 1 aliphatic carbocycles. The SMILES string of the molecule is COc1ccc(-n2nc(C(N)=O)c3c2C(=O)N(c2ccc(C(=N)N4CCCC4)cc2)CC32CC2)cc1. The summed E-state index contributed by atoms with van der Waals surface area (Å²) < 4.78 is 6.80. The van der Waals surface area contributed by atoms with Crippen LogP contribution in [0, 0.1) is 5.41 Å². The van der Waals surface area contributed by atoms with Gasteiger partial charge in [-0.3, -0.25) is 15.0 Å². The van der Waals surface area contributed by atoms with Crippen LogP contribution in [0.2, 0.25) is 0 Å². The molecule has 6 rings (SSSR count). The first-order valence-electron chi connectivity index (χ1n) is 12.3. The number of nitrogens with one attached hydrogen (secondary N) is 1. The molecule has 0 unspecified atom stereocenters. The first kappa shape index (κ1) is 22.3. The molecule has 2 aliphatic heterocycles. The first-order valence-corrected chi connectivity index (χ1v) is 12.3. The van der Waals surface area contributed by atoms with E-state index in [4.69, 9.17) is 15.9 Å².